The van der Waals surface area contributed by atoms with Crippen molar-refractivity contribution in [3.8, 4) is 0 Å². The van der Waals surface area contributed by atoms with Crippen LogP contribution in [0.2, 0.25) is 0 Å². The Morgan fingerprint density at radius 3 is 3.00 bits per heavy atom. The van der Waals surface area contributed by atoms with Gasteiger partial charge in [0.2, 0.25) is 0 Å². The Morgan fingerprint density at radius 1 is 1.50 bits per heavy atom. The molecule has 2 aromatic rings. The van der Waals surface area contributed by atoms with E-state index in [1.54, 1.807) is 13.3 Å². The van der Waals surface area contributed by atoms with Gasteiger partial charge in [0.25, 0.3) is 0 Å². The summed E-state index contributed by atoms with van der Waals surface area (Å²) < 4.78 is 5.60. The van der Waals surface area contributed by atoms with Crippen molar-refractivity contribution in [1.29, 1.82) is 0 Å². The van der Waals surface area contributed by atoms with Crippen LogP contribution in [0.15, 0.2) is 18.5 Å². The van der Waals surface area contributed by atoms with Gasteiger partial charge in [-0.2, -0.15) is 0 Å². The number of aromatic nitrogens is 3. The number of ether oxygens (including phenoxy) is 1. The summed E-state index contributed by atoms with van der Waals surface area (Å²) in [6.45, 7) is 0. The van der Waals surface area contributed by atoms with Crippen molar-refractivity contribution in [2.45, 2.75) is 31.3 Å². The highest BCUT2D eigenvalue weighted by molar-refractivity contribution is 5.73. The molecule has 0 amide bonds. The lowest BCUT2D eigenvalue weighted by Crippen LogP contribution is -2.41. The Morgan fingerprint density at radius 2 is 2.38 bits per heavy atom. The number of rotatable bonds is 3. The highest BCUT2D eigenvalue weighted by Crippen LogP contribution is 2.37. The van der Waals surface area contributed by atoms with Crippen LogP contribution >= 0.6 is 0 Å². The van der Waals surface area contributed by atoms with E-state index in [-0.39, 0.29) is 5.60 Å². The lowest BCUT2D eigenvalue weighted by molar-refractivity contribution is -0.0719. The third kappa shape index (κ3) is 1.50. The first-order valence-electron chi connectivity index (χ1n) is 5.65. The van der Waals surface area contributed by atoms with Crippen LogP contribution in [0.4, 0.5) is 0 Å². The number of aromatic amines is 1. The van der Waals surface area contributed by atoms with Gasteiger partial charge in [0, 0.05) is 19.7 Å². The van der Waals surface area contributed by atoms with E-state index in [0.29, 0.717) is 0 Å². The molecular formula is C12H15N3O. The van der Waals surface area contributed by atoms with Crippen molar-refractivity contribution in [1.82, 2.24) is 15.0 Å². The van der Waals surface area contributed by atoms with Crippen molar-refractivity contribution in [2.24, 2.45) is 0 Å². The molecule has 4 nitrogen and oxygen atoms in total. The fourth-order valence-corrected chi connectivity index (χ4v) is 2.32. The van der Waals surface area contributed by atoms with E-state index in [4.69, 9.17) is 4.74 Å². The highest BCUT2D eigenvalue weighted by atomic mass is 16.5. The molecule has 0 unspecified atom stereocenters. The lowest BCUT2D eigenvalue weighted by atomic mass is 9.77. The summed E-state index contributed by atoms with van der Waals surface area (Å²) in [5, 5.41) is 0. The second-order valence-electron chi connectivity index (χ2n) is 4.49. The van der Waals surface area contributed by atoms with Crippen LogP contribution in [0, 0.1) is 0 Å². The molecule has 0 bridgehead atoms. The molecule has 1 saturated carbocycles. The minimum atomic E-state index is 0.0291. The van der Waals surface area contributed by atoms with Crippen molar-refractivity contribution >= 4 is 11.0 Å². The van der Waals surface area contributed by atoms with Gasteiger partial charge in [-0.05, 0) is 25.3 Å². The van der Waals surface area contributed by atoms with E-state index >= 15 is 0 Å². The number of hydrogen-bond donors (Lipinski definition) is 1. The van der Waals surface area contributed by atoms with E-state index in [1.165, 1.54) is 6.42 Å². The summed E-state index contributed by atoms with van der Waals surface area (Å²) in [5.74, 6) is 1.00. The van der Waals surface area contributed by atoms with Crippen LogP contribution in [0.25, 0.3) is 11.0 Å². The van der Waals surface area contributed by atoms with Gasteiger partial charge in [-0.3, -0.25) is 4.98 Å². The van der Waals surface area contributed by atoms with E-state index in [2.05, 4.69) is 15.0 Å². The molecule has 1 fully saturated rings. The van der Waals surface area contributed by atoms with Gasteiger partial charge in [0.15, 0.2) is 0 Å². The number of hydrogen-bond acceptors (Lipinski definition) is 3. The Hall–Kier alpha value is -1.42. The van der Waals surface area contributed by atoms with E-state index in [9.17, 15) is 0 Å². The largest absolute Gasteiger partial charge is 0.378 e. The number of methoxy groups -OCH3 is 1. The summed E-state index contributed by atoms with van der Waals surface area (Å²) in [4.78, 5) is 11.9. The molecule has 0 aliphatic heterocycles. The number of nitrogens with zero attached hydrogens (tertiary/aromatic N) is 2. The molecule has 2 heterocycles. The molecule has 16 heavy (non-hydrogen) atoms. The summed E-state index contributed by atoms with van der Waals surface area (Å²) in [6.07, 6.45) is 7.99. The Bertz CT molecular complexity index is 463. The van der Waals surface area contributed by atoms with Crippen molar-refractivity contribution in [2.75, 3.05) is 7.11 Å². The number of H-pyrrole nitrogens is 1. The normalized spacial score (nSPS) is 18.6. The van der Waals surface area contributed by atoms with E-state index in [1.807, 2.05) is 12.3 Å². The predicted octanol–water partition coefficient (Wildman–Crippen LogP) is 2.07. The topological polar surface area (TPSA) is 50.8 Å². The first-order chi connectivity index (χ1) is 7.81. The molecule has 0 radical (unpaired) electrons. The lowest BCUT2D eigenvalue weighted by Gasteiger charge is -2.39. The smallest absolute Gasteiger partial charge is 0.110 e. The van der Waals surface area contributed by atoms with Crippen LogP contribution in [-0.2, 0) is 11.2 Å². The number of nitrogens with one attached hydrogen (secondary N) is 1. The molecule has 1 aliphatic rings. The van der Waals surface area contributed by atoms with E-state index in [0.717, 1.165) is 36.1 Å². The molecule has 84 valence electrons. The van der Waals surface area contributed by atoms with Crippen molar-refractivity contribution in [3.05, 3.63) is 24.3 Å². The molecule has 2 aromatic heterocycles. The fraction of sp³-hybridized carbons (Fsp3) is 0.500. The first-order valence-corrected chi connectivity index (χ1v) is 5.65. The number of imidazole rings is 1. The SMILES string of the molecule is COC1(Cc2nc3ccncc3[nH]2)CCC1. The van der Waals surface area contributed by atoms with Gasteiger partial charge in [-0.15, -0.1) is 0 Å². The van der Waals surface area contributed by atoms with Crippen LogP contribution in [0.5, 0.6) is 0 Å². The second-order valence-corrected chi connectivity index (χ2v) is 4.49. The average molecular weight is 217 g/mol. The van der Waals surface area contributed by atoms with Gasteiger partial charge in [-0.1, -0.05) is 0 Å². The van der Waals surface area contributed by atoms with Crippen LogP contribution in [0.3, 0.4) is 0 Å². The summed E-state index contributed by atoms with van der Waals surface area (Å²) in [7, 11) is 1.80. The van der Waals surface area contributed by atoms with Crippen LogP contribution in [0.1, 0.15) is 25.1 Å². The monoisotopic (exact) mass is 217 g/mol. The fourth-order valence-electron chi connectivity index (χ4n) is 2.32. The summed E-state index contributed by atoms with van der Waals surface area (Å²) in [6, 6.07) is 1.93. The minimum absolute atomic E-state index is 0.0291. The van der Waals surface area contributed by atoms with Crippen molar-refractivity contribution in [3.63, 3.8) is 0 Å². The first kappa shape index (κ1) is 9.78. The van der Waals surface area contributed by atoms with Gasteiger partial charge >= 0.3 is 0 Å². The maximum Gasteiger partial charge on any atom is 0.110 e. The van der Waals surface area contributed by atoms with Gasteiger partial charge < -0.3 is 9.72 Å². The quantitative estimate of drug-likeness (QED) is 0.856. The molecule has 1 N–H and O–H groups in total. The van der Waals surface area contributed by atoms with Crippen LogP contribution in [-0.4, -0.2) is 27.7 Å². The third-order valence-electron chi connectivity index (χ3n) is 3.52. The molecular weight excluding hydrogens is 202 g/mol. The molecule has 1 aliphatic carbocycles. The number of pyridine rings is 1. The summed E-state index contributed by atoms with van der Waals surface area (Å²) >= 11 is 0. The zero-order valence-corrected chi connectivity index (χ0v) is 9.36. The van der Waals surface area contributed by atoms with Gasteiger partial charge in [0.05, 0.1) is 22.8 Å². The zero-order valence-electron chi connectivity index (χ0n) is 9.36. The predicted molar refractivity (Wildman–Crippen MR) is 61.2 cm³/mol. The van der Waals surface area contributed by atoms with Crippen LogP contribution < -0.4 is 0 Å². The average Bonchev–Trinajstić information content (AvgIpc) is 2.65. The second kappa shape index (κ2) is 3.56. The third-order valence-corrected chi connectivity index (χ3v) is 3.52. The highest BCUT2D eigenvalue weighted by Gasteiger charge is 2.37. The molecule has 3 rings (SSSR count). The zero-order chi connectivity index (χ0) is 11.0. The Labute approximate surface area is 94.1 Å². The van der Waals surface area contributed by atoms with Crippen molar-refractivity contribution < 1.29 is 4.74 Å². The molecule has 0 aromatic carbocycles. The van der Waals surface area contributed by atoms with Gasteiger partial charge in [0.1, 0.15) is 5.82 Å². The van der Waals surface area contributed by atoms with E-state index < -0.39 is 0 Å². The van der Waals surface area contributed by atoms with Gasteiger partial charge in [-0.25, -0.2) is 4.98 Å². The Balaban J connectivity index is 1.89. The summed E-state index contributed by atoms with van der Waals surface area (Å²) in [5.41, 5.74) is 2.01. The standard InChI is InChI=1S/C12H15N3O/c1-16-12(4-2-5-12)7-11-14-9-3-6-13-8-10(9)15-11/h3,6,8H,2,4-5,7H2,1H3,(H,14,15). The maximum atomic E-state index is 5.60. The minimum Gasteiger partial charge on any atom is -0.378 e. The number of fused-ring (bicyclic) bond motifs is 1. The maximum absolute atomic E-state index is 5.60. The molecule has 4 heteroatoms. The Kier molecular flexibility index (Phi) is 2.17. The molecule has 0 saturated heterocycles. The molecule has 0 spiro atoms. The molecule has 0 atom stereocenters.